The topological polar surface area (TPSA) is 40.5 Å². The van der Waals surface area contributed by atoms with Crippen molar-refractivity contribution in [3.8, 4) is 0 Å². The summed E-state index contributed by atoms with van der Waals surface area (Å²) in [5.41, 5.74) is 0. The summed E-state index contributed by atoms with van der Waals surface area (Å²) in [6.45, 7) is 0. The molecule has 0 radical (unpaired) electrons. The van der Waals surface area contributed by atoms with Crippen LogP contribution in [0.15, 0.2) is 0 Å². The number of nitrogens with zero attached hydrogens (tertiary/aromatic N) is 1. The first-order valence-electron chi connectivity index (χ1n) is 6.63. The minimum atomic E-state index is -0.166. The lowest BCUT2D eigenvalue weighted by Gasteiger charge is -2.31. The summed E-state index contributed by atoms with van der Waals surface area (Å²) in [6, 6.07) is 0.486. The van der Waals surface area contributed by atoms with E-state index in [1.165, 1.54) is 25.7 Å². The molecule has 16 heavy (non-hydrogen) atoms. The van der Waals surface area contributed by atoms with Gasteiger partial charge in [-0.25, -0.2) is 0 Å². The molecule has 1 N–H and O–H groups in total. The first kappa shape index (κ1) is 11.9. The molecule has 0 spiro atoms. The van der Waals surface area contributed by atoms with E-state index in [9.17, 15) is 9.90 Å². The van der Waals surface area contributed by atoms with E-state index in [-0.39, 0.29) is 12.0 Å². The Morgan fingerprint density at radius 1 is 1.06 bits per heavy atom. The molecule has 0 heterocycles. The largest absolute Gasteiger partial charge is 0.393 e. The number of aliphatic hydroxyl groups is 1. The van der Waals surface area contributed by atoms with Crippen molar-refractivity contribution in [3.63, 3.8) is 0 Å². The normalized spacial score (nSPS) is 31.6. The average Bonchev–Trinajstić information content (AvgIpc) is 2.81. The summed E-state index contributed by atoms with van der Waals surface area (Å²) in [6.07, 6.45) is 8.07. The Hall–Kier alpha value is -0.570. The molecule has 0 aromatic rings. The number of hydrogen-bond donors (Lipinski definition) is 1. The summed E-state index contributed by atoms with van der Waals surface area (Å²) in [5, 5.41) is 9.43. The molecule has 92 valence electrons. The van der Waals surface area contributed by atoms with E-state index in [0.29, 0.717) is 11.9 Å². The molecule has 2 fully saturated rings. The molecule has 2 aliphatic carbocycles. The zero-order valence-electron chi connectivity index (χ0n) is 10.2. The number of rotatable bonds is 2. The molecule has 0 aliphatic heterocycles. The van der Waals surface area contributed by atoms with Gasteiger partial charge in [0.15, 0.2) is 0 Å². The van der Waals surface area contributed by atoms with Crippen molar-refractivity contribution in [1.29, 1.82) is 0 Å². The molecule has 0 aromatic heterocycles. The van der Waals surface area contributed by atoms with E-state index < -0.39 is 0 Å². The number of carbonyl (C=O) groups excluding carboxylic acids is 1. The van der Waals surface area contributed by atoms with Crippen molar-refractivity contribution in [3.05, 3.63) is 0 Å². The minimum Gasteiger partial charge on any atom is -0.393 e. The fraction of sp³-hybridized carbons (Fsp3) is 0.923. The number of amides is 1. The fourth-order valence-electron chi connectivity index (χ4n) is 3.08. The lowest BCUT2D eigenvalue weighted by atomic mass is 9.86. The maximum absolute atomic E-state index is 12.2. The van der Waals surface area contributed by atoms with Crippen LogP contribution < -0.4 is 0 Å². The van der Waals surface area contributed by atoms with Gasteiger partial charge in [0, 0.05) is 19.0 Å². The van der Waals surface area contributed by atoms with Gasteiger partial charge in [0.05, 0.1) is 6.10 Å². The Morgan fingerprint density at radius 2 is 1.62 bits per heavy atom. The maximum Gasteiger partial charge on any atom is 0.225 e. The molecule has 0 bridgehead atoms. The second-order valence-electron chi connectivity index (χ2n) is 5.39. The molecule has 2 saturated carbocycles. The van der Waals surface area contributed by atoms with Crippen LogP contribution in [0.4, 0.5) is 0 Å². The van der Waals surface area contributed by atoms with Gasteiger partial charge in [-0.1, -0.05) is 12.8 Å². The fourth-order valence-corrected chi connectivity index (χ4v) is 3.08. The lowest BCUT2D eigenvalue weighted by Crippen LogP contribution is -2.40. The Morgan fingerprint density at radius 3 is 2.19 bits per heavy atom. The summed E-state index contributed by atoms with van der Waals surface area (Å²) in [5.74, 6) is 0.493. The third-order valence-electron chi connectivity index (χ3n) is 4.27. The SMILES string of the molecule is CN(C(=O)C1CCC(O)CC1)C1CCCC1. The predicted molar refractivity (Wildman–Crippen MR) is 63.0 cm³/mol. The molecule has 3 heteroatoms. The zero-order valence-corrected chi connectivity index (χ0v) is 10.2. The van der Waals surface area contributed by atoms with E-state index in [4.69, 9.17) is 0 Å². The Balaban J connectivity index is 1.86. The van der Waals surface area contributed by atoms with Gasteiger partial charge in [-0.05, 0) is 38.5 Å². The highest BCUT2D eigenvalue weighted by molar-refractivity contribution is 5.79. The molecule has 2 rings (SSSR count). The average molecular weight is 225 g/mol. The molecular weight excluding hydrogens is 202 g/mol. The van der Waals surface area contributed by atoms with Crippen molar-refractivity contribution >= 4 is 5.91 Å². The summed E-state index contributed by atoms with van der Waals surface area (Å²) >= 11 is 0. The van der Waals surface area contributed by atoms with Crippen LogP contribution in [0.5, 0.6) is 0 Å². The van der Waals surface area contributed by atoms with Gasteiger partial charge in [-0.2, -0.15) is 0 Å². The highest BCUT2D eigenvalue weighted by Gasteiger charge is 2.31. The van der Waals surface area contributed by atoms with Crippen LogP contribution in [-0.2, 0) is 4.79 Å². The summed E-state index contributed by atoms with van der Waals surface area (Å²) in [7, 11) is 1.96. The standard InChI is InChI=1S/C13H23NO2/c1-14(11-4-2-3-5-11)13(16)10-6-8-12(15)9-7-10/h10-12,15H,2-9H2,1H3. The van der Waals surface area contributed by atoms with Gasteiger partial charge in [-0.15, -0.1) is 0 Å². The van der Waals surface area contributed by atoms with Gasteiger partial charge >= 0.3 is 0 Å². The number of aliphatic hydroxyl groups excluding tert-OH is 1. The second kappa shape index (κ2) is 5.17. The van der Waals surface area contributed by atoms with E-state index >= 15 is 0 Å². The molecule has 3 nitrogen and oxygen atoms in total. The minimum absolute atomic E-state index is 0.166. The number of carbonyl (C=O) groups is 1. The van der Waals surface area contributed by atoms with E-state index in [1.54, 1.807) is 0 Å². The molecule has 1 amide bonds. The molecule has 2 aliphatic rings. The van der Waals surface area contributed by atoms with Crippen LogP contribution in [0.25, 0.3) is 0 Å². The highest BCUT2D eigenvalue weighted by atomic mass is 16.3. The summed E-state index contributed by atoms with van der Waals surface area (Å²) in [4.78, 5) is 14.2. The molecule has 0 unspecified atom stereocenters. The molecular formula is C13H23NO2. The van der Waals surface area contributed by atoms with Crippen LogP contribution in [0.1, 0.15) is 51.4 Å². The first-order valence-corrected chi connectivity index (χ1v) is 6.63. The first-order chi connectivity index (χ1) is 7.68. The Labute approximate surface area is 97.8 Å². The Kier molecular flexibility index (Phi) is 3.85. The van der Waals surface area contributed by atoms with E-state index in [1.807, 2.05) is 11.9 Å². The third-order valence-corrected chi connectivity index (χ3v) is 4.27. The molecule has 0 atom stereocenters. The van der Waals surface area contributed by atoms with Crippen molar-refractivity contribution in [2.45, 2.75) is 63.5 Å². The third kappa shape index (κ3) is 2.57. The van der Waals surface area contributed by atoms with Gasteiger partial charge < -0.3 is 10.0 Å². The van der Waals surface area contributed by atoms with Crippen LogP contribution in [-0.4, -0.2) is 35.1 Å². The van der Waals surface area contributed by atoms with Gasteiger partial charge in [0.1, 0.15) is 0 Å². The predicted octanol–water partition coefficient (Wildman–Crippen LogP) is 1.94. The van der Waals surface area contributed by atoms with Crippen LogP contribution in [0.2, 0.25) is 0 Å². The zero-order chi connectivity index (χ0) is 11.5. The van der Waals surface area contributed by atoms with Crippen LogP contribution >= 0.6 is 0 Å². The van der Waals surface area contributed by atoms with Crippen LogP contribution in [0.3, 0.4) is 0 Å². The molecule has 0 saturated heterocycles. The monoisotopic (exact) mass is 225 g/mol. The van der Waals surface area contributed by atoms with Crippen LogP contribution in [0, 0.1) is 5.92 Å². The molecule has 0 aromatic carbocycles. The summed E-state index contributed by atoms with van der Waals surface area (Å²) < 4.78 is 0. The van der Waals surface area contributed by atoms with Gasteiger partial charge in [0.2, 0.25) is 5.91 Å². The smallest absolute Gasteiger partial charge is 0.225 e. The maximum atomic E-state index is 12.2. The highest BCUT2D eigenvalue weighted by Crippen LogP contribution is 2.29. The van der Waals surface area contributed by atoms with Gasteiger partial charge in [-0.3, -0.25) is 4.79 Å². The van der Waals surface area contributed by atoms with Crippen molar-refractivity contribution in [1.82, 2.24) is 4.90 Å². The number of hydrogen-bond acceptors (Lipinski definition) is 2. The van der Waals surface area contributed by atoms with E-state index in [2.05, 4.69) is 0 Å². The lowest BCUT2D eigenvalue weighted by molar-refractivity contribution is -0.137. The van der Waals surface area contributed by atoms with Crippen molar-refractivity contribution in [2.24, 2.45) is 5.92 Å². The second-order valence-corrected chi connectivity index (χ2v) is 5.39. The van der Waals surface area contributed by atoms with Gasteiger partial charge in [0.25, 0.3) is 0 Å². The quantitative estimate of drug-likeness (QED) is 0.780. The Bertz CT molecular complexity index is 240. The van der Waals surface area contributed by atoms with Crippen molar-refractivity contribution in [2.75, 3.05) is 7.05 Å². The van der Waals surface area contributed by atoms with Crippen molar-refractivity contribution < 1.29 is 9.90 Å². The van der Waals surface area contributed by atoms with E-state index in [0.717, 1.165) is 25.7 Å².